The lowest BCUT2D eigenvalue weighted by Crippen LogP contribution is -2.42. The van der Waals surface area contributed by atoms with Crippen molar-refractivity contribution in [2.24, 2.45) is 5.92 Å². The van der Waals surface area contributed by atoms with Gasteiger partial charge in [-0.25, -0.2) is 18.4 Å². The van der Waals surface area contributed by atoms with E-state index in [1.165, 1.54) is 37.8 Å². The van der Waals surface area contributed by atoms with Gasteiger partial charge in [-0.1, -0.05) is 43.9 Å². The van der Waals surface area contributed by atoms with Crippen LogP contribution in [0, 0.1) is 17.6 Å². The summed E-state index contributed by atoms with van der Waals surface area (Å²) < 4.78 is 38.2. The van der Waals surface area contributed by atoms with E-state index in [0.29, 0.717) is 31.4 Å². The third-order valence-corrected chi connectivity index (χ3v) is 6.63. The number of carbonyl (C=O) groups excluding carboxylic acids is 1. The lowest BCUT2D eigenvalue weighted by molar-refractivity contribution is -0.149. The number of ether oxygens (including phenoxy) is 2. The molecule has 0 radical (unpaired) electrons. The lowest BCUT2D eigenvalue weighted by Gasteiger charge is -2.25. The topological polar surface area (TPSA) is 88.1 Å². The van der Waals surface area contributed by atoms with Crippen LogP contribution in [0.15, 0.2) is 42.5 Å². The van der Waals surface area contributed by atoms with E-state index < -0.39 is 23.7 Å². The SMILES string of the molecule is CCOC(Cc1ccc(OCCN(CCC2CCCC2)C(=O)NCc2ccc(F)cc2F)cc1)C(=O)O. The molecule has 3 rings (SSSR count). The van der Waals surface area contributed by atoms with Crippen molar-refractivity contribution in [1.82, 2.24) is 10.2 Å². The first-order chi connectivity index (χ1) is 17.9. The second kappa shape index (κ2) is 14.5. The van der Waals surface area contributed by atoms with E-state index in [-0.39, 0.29) is 31.2 Å². The average Bonchev–Trinajstić information content (AvgIpc) is 3.39. The van der Waals surface area contributed by atoms with Crippen LogP contribution in [0.4, 0.5) is 13.6 Å². The predicted molar refractivity (Wildman–Crippen MR) is 135 cm³/mol. The van der Waals surface area contributed by atoms with E-state index in [0.717, 1.165) is 18.1 Å². The van der Waals surface area contributed by atoms with Gasteiger partial charge in [-0.2, -0.15) is 0 Å². The van der Waals surface area contributed by atoms with E-state index in [1.807, 2.05) is 0 Å². The number of urea groups is 1. The first kappa shape index (κ1) is 28.4. The molecule has 0 bridgehead atoms. The van der Waals surface area contributed by atoms with Gasteiger partial charge in [0.2, 0.25) is 0 Å². The minimum absolute atomic E-state index is 0.0354. The maximum atomic E-state index is 14.0. The zero-order chi connectivity index (χ0) is 26.6. The molecule has 1 saturated carbocycles. The van der Waals surface area contributed by atoms with Crippen molar-refractivity contribution in [3.63, 3.8) is 0 Å². The number of amides is 2. The Bertz CT molecular complexity index is 1010. The number of halogens is 2. The summed E-state index contributed by atoms with van der Waals surface area (Å²) in [7, 11) is 0. The van der Waals surface area contributed by atoms with Crippen LogP contribution in [0.25, 0.3) is 0 Å². The molecule has 1 aliphatic carbocycles. The standard InChI is InChI=1S/C28H36F2N2O5/c1-2-36-26(27(33)34)17-21-7-11-24(12-8-21)37-16-15-32(14-13-20-5-3-4-6-20)28(35)31-19-22-9-10-23(29)18-25(22)30/h7-12,18,20,26H,2-6,13-17,19H2,1H3,(H,31,35)(H,33,34). The average molecular weight is 519 g/mol. The zero-order valence-electron chi connectivity index (χ0n) is 21.3. The van der Waals surface area contributed by atoms with Gasteiger partial charge in [0.05, 0.1) is 6.54 Å². The van der Waals surface area contributed by atoms with Gasteiger partial charge < -0.3 is 24.8 Å². The van der Waals surface area contributed by atoms with Crippen molar-refractivity contribution in [3.8, 4) is 5.75 Å². The number of carbonyl (C=O) groups is 2. The van der Waals surface area contributed by atoms with Crippen molar-refractivity contribution >= 4 is 12.0 Å². The Morgan fingerprint density at radius 3 is 2.49 bits per heavy atom. The Balaban J connectivity index is 1.52. The molecule has 0 saturated heterocycles. The second-order valence-corrected chi connectivity index (χ2v) is 9.30. The molecule has 202 valence electrons. The molecule has 0 spiro atoms. The Labute approximate surface area is 216 Å². The van der Waals surface area contributed by atoms with Crippen molar-refractivity contribution < 1.29 is 33.0 Å². The number of benzene rings is 2. The molecule has 7 nitrogen and oxygen atoms in total. The normalized spacial score (nSPS) is 14.4. The largest absolute Gasteiger partial charge is 0.492 e. The first-order valence-corrected chi connectivity index (χ1v) is 12.9. The van der Waals surface area contributed by atoms with Gasteiger partial charge in [-0.3, -0.25) is 0 Å². The van der Waals surface area contributed by atoms with E-state index in [1.54, 1.807) is 36.1 Å². The van der Waals surface area contributed by atoms with Gasteiger partial charge in [-0.15, -0.1) is 0 Å². The summed E-state index contributed by atoms with van der Waals surface area (Å²) in [5.41, 5.74) is 1.04. The highest BCUT2D eigenvalue weighted by molar-refractivity contribution is 5.74. The van der Waals surface area contributed by atoms with Crippen LogP contribution < -0.4 is 10.1 Å². The van der Waals surface area contributed by atoms with Crippen LogP contribution in [-0.2, 0) is 22.5 Å². The van der Waals surface area contributed by atoms with Gasteiger partial charge in [0.25, 0.3) is 0 Å². The Kier molecular flexibility index (Phi) is 11.1. The molecule has 9 heteroatoms. The van der Waals surface area contributed by atoms with Crippen molar-refractivity contribution in [3.05, 3.63) is 65.2 Å². The fourth-order valence-electron chi connectivity index (χ4n) is 4.53. The monoisotopic (exact) mass is 518 g/mol. The molecular weight excluding hydrogens is 482 g/mol. The molecule has 2 aromatic carbocycles. The second-order valence-electron chi connectivity index (χ2n) is 9.30. The van der Waals surface area contributed by atoms with E-state index in [2.05, 4.69) is 5.32 Å². The van der Waals surface area contributed by atoms with E-state index in [4.69, 9.17) is 9.47 Å². The smallest absolute Gasteiger partial charge is 0.333 e. The molecule has 1 fully saturated rings. The van der Waals surface area contributed by atoms with Gasteiger partial charge in [0.1, 0.15) is 24.0 Å². The number of nitrogens with one attached hydrogen (secondary N) is 1. The first-order valence-electron chi connectivity index (χ1n) is 12.9. The quantitative estimate of drug-likeness (QED) is 0.360. The van der Waals surface area contributed by atoms with Crippen LogP contribution in [0.3, 0.4) is 0 Å². The summed E-state index contributed by atoms with van der Waals surface area (Å²) >= 11 is 0. The predicted octanol–water partition coefficient (Wildman–Crippen LogP) is 5.17. The molecule has 1 aliphatic rings. The minimum Gasteiger partial charge on any atom is -0.492 e. The Hall–Kier alpha value is -3.20. The molecule has 2 N–H and O–H groups in total. The van der Waals surface area contributed by atoms with Crippen LogP contribution >= 0.6 is 0 Å². The lowest BCUT2D eigenvalue weighted by atomic mass is 10.0. The number of hydrogen-bond donors (Lipinski definition) is 2. The Morgan fingerprint density at radius 2 is 1.84 bits per heavy atom. The van der Waals surface area contributed by atoms with E-state index >= 15 is 0 Å². The molecule has 0 aromatic heterocycles. The van der Waals surface area contributed by atoms with Crippen molar-refractivity contribution in [2.75, 3.05) is 26.3 Å². The molecule has 2 amide bonds. The third-order valence-electron chi connectivity index (χ3n) is 6.63. The number of nitrogens with zero attached hydrogens (tertiary/aromatic N) is 1. The molecule has 37 heavy (non-hydrogen) atoms. The number of rotatable bonds is 14. The van der Waals surface area contributed by atoms with Gasteiger partial charge in [-0.05, 0) is 43.0 Å². The fourth-order valence-corrected chi connectivity index (χ4v) is 4.53. The van der Waals surface area contributed by atoms with Crippen LogP contribution in [-0.4, -0.2) is 54.4 Å². The zero-order valence-corrected chi connectivity index (χ0v) is 21.3. The van der Waals surface area contributed by atoms with Crippen molar-refractivity contribution in [1.29, 1.82) is 0 Å². The molecule has 0 heterocycles. The Morgan fingerprint density at radius 1 is 1.11 bits per heavy atom. The highest BCUT2D eigenvalue weighted by atomic mass is 19.1. The van der Waals surface area contributed by atoms with Crippen molar-refractivity contribution in [2.45, 2.75) is 58.1 Å². The maximum Gasteiger partial charge on any atom is 0.333 e. The summed E-state index contributed by atoms with van der Waals surface area (Å²) in [6.45, 7) is 3.22. The summed E-state index contributed by atoms with van der Waals surface area (Å²) in [6, 6.07) is 10.1. The van der Waals surface area contributed by atoms with Crippen LogP contribution in [0.5, 0.6) is 5.75 Å². The van der Waals surface area contributed by atoms with Gasteiger partial charge in [0, 0.05) is 37.7 Å². The van der Waals surface area contributed by atoms with Gasteiger partial charge in [0.15, 0.2) is 6.10 Å². The fraction of sp³-hybridized carbons (Fsp3) is 0.500. The maximum absolute atomic E-state index is 14.0. The number of aliphatic carboxylic acids is 1. The molecule has 0 aliphatic heterocycles. The number of hydrogen-bond acceptors (Lipinski definition) is 4. The van der Waals surface area contributed by atoms with E-state index in [9.17, 15) is 23.5 Å². The summed E-state index contributed by atoms with van der Waals surface area (Å²) in [5, 5.41) is 12.0. The summed E-state index contributed by atoms with van der Waals surface area (Å²) in [4.78, 5) is 25.9. The number of carboxylic acids is 1. The number of carboxylic acid groups (broad SMARTS) is 1. The van der Waals surface area contributed by atoms with Gasteiger partial charge >= 0.3 is 12.0 Å². The minimum atomic E-state index is -1.000. The summed E-state index contributed by atoms with van der Waals surface area (Å²) in [5.74, 6) is -1.14. The molecule has 1 atom stereocenters. The molecular formula is C28H36F2N2O5. The van der Waals surface area contributed by atoms with Crippen LogP contribution in [0.2, 0.25) is 0 Å². The molecule has 2 aromatic rings. The highest BCUT2D eigenvalue weighted by Crippen LogP contribution is 2.27. The van der Waals surface area contributed by atoms with Crippen LogP contribution in [0.1, 0.15) is 50.2 Å². The summed E-state index contributed by atoms with van der Waals surface area (Å²) in [6.07, 6.45) is 5.04. The molecule has 1 unspecified atom stereocenters. The third kappa shape index (κ3) is 9.31. The highest BCUT2D eigenvalue weighted by Gasteiger charge is 2.20.